The number of methoxy groups -OCH3 is 2. The van der Waals surface area contributed by atoms with E-state index in [0.717, 1.165) is 44.7 Å². The third-order valence-electron chi connectivity index (χ3n) is 10.5. The number of aromatic nitrogens is 3. The van der Waals surface area contributed by atoms with Crippen molar-refractivity contribution in [3.8, 4) is 22.5 Å². The monoisotopic (exact) mass is 939 g/mol. The van der Waals surface area contributed by atoms with Gasteiger partial charge in [0.1, 0.15) is 17.7 Å². The summed E-state index contributed by atoms with van der Waals surface area (Å²) in [6, 6.07) is 6.75. The fourth-order valence-corrected chi connectivity index (χ4v) is 8.22. The van der Waals surface area contributed by atoms with Crippen LogP contribution in [0.2, 0.25) is 0 Å². The van der Waals surface area contributed by atoms with Crippen molar-refractivity contribution >= 4 is 45.9 Å². The van der Waals surface area contributed by atoms with Crippen molar-refractivity contribution < 1.29 is 53.2 Å². The first-order valence-electron chi connectivity index (χ1n) is 20.9. The van der Waals surface area contributed by atoms with E-state index in [0.29, 0.717) is 56.1 Å². The second-order valence-corrected chi connectivity index (χ2v) is 17.6. The van der Waals surface area contributed by atoms with Crippen molar-refractivity contribution in [2.24, 2.45) is 5.41 Å². The zero-order valence-corrected chi connectivity index (χ0v) is 43.2. The molecule has 1 aromatic carbocycles. The molecule has 3 N–H and O–H groups in total. The molecule has 0 aliphatic carbocycles. The molecule has 0 saturated carbocycles. The molecule has 1 saturated heterocycles. The van der Waals surface area contributed by atoms with E-state index in [1.165, 1.54) is 23.5 Å². The summed E-state index contributed by atoms with van der Waals surface area (Å²) in [7, 11) is 2.99. The Kier molecular flexibility index (Phi) is 21.3. The Balaban J connectivity index is 0.00000336. The predicted octanol–water partition coefficient (Wildman–Crippen LogP) is 7.98. The number of esters is 1. The number of amides is 2. The van der Waals surface area contributed by atoms with Gasteiger partial charge in [-0.3, -0.25) is 19.6 Å². The van der Waals surface area contributed by atoms with Crippen LogP contribution in [0.4, 0.5) is 10.5 Å². The number of nitrogens with zero attached hydrogens (tertiary/aromatic N) is 5. The standard InChI is InChI=1S/C44H61N7O7S.C2H5.CH3.Zn/c1-12-49(13-2)29-21-31(38(45-24-29)27(4)56-10)39-32(23-44(8,9)26-52)30-20-28(17-18-36(30)50(39)14-3)35-25-59-37(46-35)22-34(47-42(55)58-43(5,6)7)40(53)51-19-15-16-33(48-51)41(54)57-11;1-2;;/h17-18,20-21,24-25,27,33-34,48,52H,1-2,12-16,19,22-23,26H2,3-11H3,(H,47,55);1H2,2H3;1H3;/q-2;2*-1;/t27-,33-,34-;;;/m0.../s1. The van der Waals surface area contributed by atoms with Crippen LogP contribution in [0.15, 0.2) is 35.8 Å². The van der Waals surface area contributed by atoms with Crippen LogP contribution in [0, 0.1) is 33.6 Å². The van der Waals surface area contributed by atoms with Gasteiger partial charge in [-0.2, -0.15) is 6.92 Å². The number of alkyl carbamates (subject to hydrolysis) is 1. The number of hydrogen-bond donors (Lipinski definition) is 3. The molecule has 16 heteroatoms. The average Bonchev–Trinajstić information content (AvgIpc) is 3.84. The molecule has 4 aromatic rings. The maximum Gasteiger partial charge on any atom is 0.408 e. The van der Waals surface area contributed by atoms with E-state index >= 15 is 0 Å². The summed E-state index contributed by atoms with van der Waals surface area (Å²) in [6.45, 7) is 28.8. The number of nitrogens with one attached hydrogen (secondary N) is 2. The molecule has 63 heavy (non-hydrogen) atoms. The Morgan fingerprint density at radius 2 is 1.79 bits per heavy atom. The van der Waals surface area contributed by atoms with E-state index < -0.39 is 41.1 Å². The number of aryl methyl sites for hydroxylation is 1. The number of fused-ring (bicyclic) bond motifs is 1. The van der Waals surface area contributed by atoms with Crippen molar-refractivity contribution in [3.63, 3.8) is 0 Å². The Bertz CT molecular complexity index is 2110. The molecule has 14 nitrogen and oxygen atoms in total. The first-order chi connectivity index (χ1) is 29.0. The number of benzene rings is 1. The molecular formula is C47H69N7O7SZn-4. The van der Waals surface area contributed by atoms with Gasteiger partial charge < -0.3 is 62.3 Å². The Morgan fingerprint density at radius 1 is 1.11 bits per heavy atom. The number of aliphatic hydroxyl groups is 1. The summed E-state index contributed by atoms with van der Waals surface area (Å²) in [5.74, 6) is -0.878. The van der Waals surface area contributed by atoms with Gasteiger partial charge in [0.15, 0.2) is 0 Å². The molecule has 3 aromatic heterocycles. The van der Waals surface area contributed by atoms with Gasteiger partial charge in [-0.15, -0.1) is 24.4 Å². The molecular weight excluding hydrogens is 872 g/mol. The van der Waals surface area contributed by atoms with E-state index in [1.54, 1.807) is 34.8 Å². The molecule has 5 rings (SSSR count). The summed E-state index contributed by atoms with van der Waals surface area (Å²) in [5.41, 5.74) is 9.12. The second-order valence-electron chi connectivity index (χ2n) is 16.7. The zero-order chi connectivity index (χ0) is 45.2. The van der Waals surface area contributed by atoms with Crippen LogP contribution in [0.25, 0.3) is 33.4 Å². The largest absolute Gasteiger partial charge is 0.468 e. The molecule has 0 spiro atoms. The van der Waals surface area contributed by atoms with Crippen molar-refractivity contribution in [3.05, 3.63) is 80.3 Å². The van der Waals surface area contributed by atoms with Crippen LogP contribution in [0.3, 0.4) is 0 Å². The number of anilines is 1. The first kappa shape index (κ1) is 55.2. The van der Waals surface area contributed by atoms with Gasteiger partial charge in [-0.1, -0.05) is 19.9 Å². The minimum atomic E-state index is -1.03. The van der Waals surface area contributed by atoms with Crippen LogP contribution in [-0.2, 0) is 62.7 Å². The van der Waals surface area contributed by atoms with Crippen molar-refractivity contribution in [1.29, 1.82) is 0 Å². The van der Waals surface area contributed by atoms with E-state index in [2.05, 4.69) is 80.0 Å². The smallest absolute Gasteiger partial charge is 0.408 e. The number of rotatable bonds is 16. The number of hydrazine groups is 1. The van der Waals surface area contributed by atoms with Crippen LogP contribution >= 0.6 is 11.3 Å². The molecule has 3 atom stereocenters. The predicted molar refractivity (Wildman–Crippen MR) is 249 cm³/mol. The third kappa shape index (κ3) is 13.5. The Labute approximate surface area is 392 Å². The van der Waals surface area contributed by atoms with Crippen LogP contribution < -0.4 is 15.6 Å². The van der Waals surface area contributed by atoms with Gasteiger partial charge in [0, 0.05) is 80.1 Å². The average molecular weight is 942 g/mol. The molecule has 0 radical (unpaired) electrons. The van der Waals surface area contributed by atoms with Gasteiger partial charge in [0.05, 0.1) is 47.2 Å². The molecule has 4 heterocycles. The number of aliphatic hydroxyl groups excluding tert-OH is 1. The fourth-order valence-electron chi connectivity index (χ4n) is 7.37. The van der Waals surface area contributed by atoms with E-state index in [-0.39, 0.29) is 46.0 Å². The first-order valence-corrected chi connectivity index (χ1v) is 21.8. The number of ether oxygens (including phenoxy) is 3. The SMILES string of the molecule is [CH2-]C.[CH2-]CN(C[CH2-])c1cnc([C@H](C)OC)c(-c2c(CC(C)(C)CO)c3cc(-c4csc(C[C@H](NC(=O)OC(C)(C)C)C(=O)N5CCC[C@@H](C(=O)OC)N5)n4)ccc3n2CC)c1.[CH3-].[Zn]. The number of carbonyl (C=O) groups excluding carboxylic acids is 3. The minimum Gasteiger partial charge on any atom is -0.468 e. The fraction of sp³-hybridized carbons (Fsp3) is 0.511. The van der Waals surface area contributed by atoms with E-state index in [4.69, 9.17) is 24.2 Å². The van der Waals surface area contributed by atoms with Crippen molar-refractivity contribution in [2.75, 3.05) is 45.4 Å². The molecule has 2 amide bonds. The maximum absolute atomic E-state index is 14.0. The van der Waals surface area contributed by atoms with Gasteiger partial charge in [0.25, 0.3) is 5.91 Å². The van der Waals surface area contributed by atoms with Gasteiger partial charge in [-0.25, -0.2) is 15.2 Å². The minimum absolute atomic E-state index is 0. The number of thiazole rings is 1. The number of carbonyl (C=O) groups is 3. The van der Waals surface area contributed by atoms with Crippen LogP contribution in [0.1, 0.15) is 90.6 Å². The molecule has 1 aliphatic heterocycles. The van der Waals surface area contributed by atoms with E-state index in [1.807, 2.05) is 24.6 Å². The topological polar surface area (TPSA) is 160 Å². The summed E-state index contributed by atoms with van der Waals surface area (Å²) in [5, 5.41) is 18.3. The molecule has 1 aliphatic rings. The van der Waals surface area contributed by atoms with Gasteiger partial charge in [-0.05, 0) is 83.1 Å². The molecule has 346 valence electrons. The normalized spacial score (nSPS) is 15.0. The molecule has 1 fully saturated rings. The third-order valence-corrected chi connectivity index (χ3v) is 11.4. The second kappa shape index (κ2) is 24.4. The Hall–Kier alpha value is -3.95. The Morgan fingerprint density at radius 3 is 2.38 bits per heavy atom. The van der Waals surface area contributed by atoms with Gasteiger partial charge >= 0.3 is 12.1 Å². The number of pyridine rings is 1. The van der Waals surface area contributed by atoms with Crippen molar-refractivity contribution in [2.45, 2.75) is 111 Å². The summed E-state index contributed by atoms with van der Waals surface area (Å²) in [6.07, 6.45) is 2.60. The van der Waals surface area contributed by atoms with E-state index in [9.17, 15) is 19.5 Å². The van der Waals surface area contributed by atoms with Gasteiger partial charge in [0.2, 0.25) is 0 Å². The molecule has 0 bridgehead atoms. The maximum atomic E-state index is 14.0. The van der Waals surface area contributed by atoms with Crippen molar-refractivity contribution in [1.82, 2.24) is 30.3 Å². The van der Waals surface area contributed by atoms with Crippen LogP contribution in [0.5, 0.6) is 0 Å². The summed E-state index contributed by atoms with van der Waals surface area (Å²) < 4.78 is 18.6. The number of hydrogen-bond acceptors (Lipinski definition) is 12. The summed E-state index contributed by atoms with van der Waals surface area (Å²) in [4.78, 5) is 51.4. The summed E-state index contributed by atoms with van der Waals surface area (Å²) >= 11 is 1.39. The zero-order valence-electron chi connectivity index (χ0n) is 39.4. The quantitative estimate of drug-likeness (QED) is 0.0568. The van der Waals surface area contributed by atoms with Crippen LogP contribution in [-0.4, -0.2) is 101 Å². The molecule has 0 unspecified atom stereocenters.